The number of allylic oxidation sites excluding steroid dienone is 1. The van der Waals surface area contributed by atoms with E-state index in [4.69, 9.17) is 0 Å². The van der Waals surface area contributed by atoms with Gasteiger partial charge in [0, 0.05) is 5.56 Å². The number of hydrogen-bond acceptors (Lipinski definition) is 0. The van der Waals surface area contributed by atoms with Gasteiger partial charge in [-0.3, -0.25) is 0 Å². The van der Waals surface area contributed by atoms with E-state index in [1.54, 1.807) is 12.1 Å². The molecule has 0 saturated carbocycles. The number of unbranched alkanes of at least 4 members (excludes halogenated alkanes) is 2. The summed E-state index contributed by atoms with van der Waals surface area (Å²) in [4.78, 5) is 0. The van der Waals surface area contributed by atoms with Gasteiger partial charge in [-0.05, 0) is 30.0 Å². The van der Waals surface area contributed by atoms with E-state index in [1.807, 2.05) is 0 Å². The average molecular weight is 254 g/mol. The largest absolute Gasteiger partial charge is 0.239 e. The van der Waals surface area contributed by atoms with Gasteiger partial charge in [-0.15, -0.1) is 0 Å². The highest BCUT2D eigenvalue weighted by Crippen LogP contribution is 2.39. The summed E-state index contributed by atoms with van der Waals surface area (Å²) in [7, 11) is 0. The first-order chi connectivity index (χ1) is 8.65. The first-order valence-electron chi connectivity index (χ1n) is 6.42. The molecule has 0 N–H and O–H groups in total. The third-order valence-electron chi connectivity index (χ3n) is 3.38. The lowest BCUT2D eigenvalue weighted by Crippen LogP contribution is -2.19. The Morgan fingerprint density at radius 1 is 1.11 bits per heavy atom. The van der Waals surface area contributed by atoms with E-state index in [1.165, 1.54) is 12.1 Å². The molecule has 2 rings (SSSR count). The van der Waals surface area contributed by atoms with Crippen molar-refractivity contribution in [3.8, 4) is 0 Å². The summed E-state index contributed by atoms with van der Waals surface area (Å²) in [6, 6.07) is 4.34. The minimum absolute atomic E-state index is 0.135. The van der Waals surface area contributed by atoms with Gasteiger partial charge in [-0.1, -0.05) is 38.0 Å². The van der Waals surface area contributed by atoms with Crippen molar-refractivity contribution < 1.29 is 13.2 Å². The Morgan fingerprint density at radius 3 is 2.61 bits per heavy atom. The van der Waals surface area contributed by atoms with Crippen LogP contribution in [0, 0.1) is 5.82 Å². The zero-order valence-corrected chi connectivity index (χ0v) is 10.4. The smallest absolute Gasteiger partial charge is 0.163 e. The number of hydrogen-bond donors (Lipinski definition) is 0. The van der Waals surface area contributed by atoms with Crippen LogP contribution in [-0.4, -0.2) is 6.17 Å². The second-order valence-corrected chi connectivity index (χ2v) is 4.72. The van der Waals surface area contributed by atoms with E-state index in [-0.39, 0.29) is 5.56 Å². The molecule has 0 radical (unpaired) electrons. The van der Waals surface area contributed by atoms with Crippen molar-refractivity contribution in [3.63, 3.8) is 0 Å². The van der Waals surface area contributed by atoms with Gasteiger partial charge >= 0.3 is 0 Å². The summed E-state index contributed by atoms with van der Waals surface area (Å²) in [5, 5.41) is 0. The molecule has 98 valence electrons. The minimum atomic E-state index is -1.87. The second kappa shape index (κ2) is 5.59. The number of fused-ring (bicyclic) bond motifs is 1. The van der Waals surface area contributed by atoms with Crippen molar-refractivity contribution in [3.05, 3.63) is 40.7 Å². The maximum Gasteiger partial charge on any atom is 0.163 e. The number of halogens is 3. The van der Waals surface area contributed by atoms with Crippen LogP contribution in [0.15, 0.2) is 23.8 Å². The third-order valence-corrected chi connectivity index (χ3v) is 3.38. The van der Waals surface area contributed by atoms with Gasteiger partial charge in [0.15, 0.2) is 12.3 Å². The number of rotatable bonds is 4. The molecule has 2 atom stereocenters. The maximum atomic E-state index is 13.9. The normalized spacial score (nSPS) is 22.6. The molecule has 0 fully saturated rings. The molecule has 0 bridgehead atoms. The van der Waals surface area contributed by atoms with E-state index in [9.17, 15) is 13.2 Å². The van der Waals surface area contributed by atoms with Crippen LogP contribution in [0.25, 0.3) is 6.08 Å². The molecule has 0 spiro atoms. The molecule has 1 aliphatic carbocycles. The van der Waals surface area contributed by atoms with E-state index in [0.717, 1.165) is 19.3 Å². The van der Waals surface area contributed by atoms with Crippen molar-refractivity contribution >= 4 is 6.08 Å². The molecule has 0 nitrogen and oxygen atoms in total. The van der Waals surface area contributed by atoms with E-state index in [0.29, 0.717) is 17.6 Å². The molecule has 0 aromatic heterocycles. The molecular weight excluding hydrogens is 237 g/mol. The third kappa shape index (κ3) is 2.45. The van der Waals surface area contributed by atoms with Gasteiger partial charge in [0.05, 0.1) is 0 Å². The van der Waals surface area contributed by atoms with Gasteiger partial charge in [0.2, 0.25) is 0 Å². The monoisotopic (exact) mass is 254 g/mol. The van der Waals surface area contributed by atoms with Gasteiger partial charge in [0.25, 0.3) is 0 Å². The molecule has 1 aromatic rings. The van der Waals surface area contributed by atoms with Gasteiger partial charge in [0.1, 0.15) is 5.82 Å². The number of benzene rings is 1. The molecule has 0 heterocycles. The SMILES string of the molecule is CCCCCC1=Cc2cccc(F)c2C(F)C1F. The molecule has 0 aliphatic heterocycles. The minimum Gasteiger partial charge on any atom is -0.239 e. The van der Waals surface area contributed by atoms with Crippen LogP contribution in [0.5, 0.6) is 0 Å². The first kappa shape index (κ1) is 13.2. The highest BCUT2D eigenvalue weighted by Gasteiger charge is 2.33. The molecule has 0 saturated heterocycles. The summed E-state index contributed by atoms with van der Waals surface area (Å²) in [5.74, 6) is -0.661. The lowest BCUT2D eigenvalue weighted by atomic mass is 9.86. The summed E-state index contributed by atoms with van der Waals surface area (Å²) in [5.41, 5.74) is 0.793. The Morgan fingerprint density at radius 2 is 1.89 bits per heavy atom. The Labute approximate surface area is 106 Å². The molecule has 3 heteroatoms. The quantitative estimate of drug-likeness (QED) is 0.652. The van der Waals surface area contributed by atoms with Gasteiger partial charge < -0.3 is 0 Å². The van der Waals surface area contributed by atoms with Crippen LogP contribution in [-0.2, 0) is 0 Å². The highest BCUT2D eigenvalue weighted by molar-refractivity contribution is 5.62. The van der Waals surface area contributed by atoms with E-state index < -0.39 is 18.2 Å². The zero-order chi connectivity index (χ0) is 13.1. The maximum absolute atomic E-state index is 13.9. The fraction of sp³-hybridized carbons (Fsp3) is 0.467. The van der Waals surface area contributed by atoms with Crippen molar-refractivity contribution in [2.45, 2.75) is 45.0 Å². The Kier molecular flexibility index (Phi) is 4.10. The standard InChI is InChI=1S/C15H17F3/c1-2-3-4-6-11-9-10-7-5-8-12(16)13(10)15(18)14(11)17/h5,7-9,14-15H,2-4,6H2,1H3. The van der Waals surface area contributed by atoms with E-state index in [2.05, 4.69) is 6.92 Å². The van der Waals surface area contributed by atoms with E-state index >= 15 is 0 Å². The van der Waals surface area contributed by atoms with Gasteiger partial charge in [-0.2, -0.15) is 0 Å². The molecule has 1 aliphatic rings. The topological polar surface area (TPSA) is 0 Å². The Hall–Kier alpha value is -1.25. The summed E-state index contributed by atoms with van der Waals surface area (Å²) in [6.45, 7) is 2.06. The molecule has 18 heavy (non-hydrogen) atoms. The van der Waals surface area contributed by atoms with Gasteiger partial charge in [-0.25, -0.2) is 13.2 Å². The van der Waals surface area contributed by atoms with Crippen LogP contribution in [0.1, 0.15) is 49.9 Å². The lowest BCUT2D eigenvalue weighted by Gasteiger charge is -2.24. The Bertz CT molecular complexity index is 451. The molecular formula is C15H17F3. The predicted octanol–water partition coefficient (Wildman–Crippen LogP) is 5.15. The van der Waals surface area contributed by atoms with Crippen LogP contribution in [0.3, 0.4) is 0 Å². The van der Waals surface area contributed by atoms with Crippen molar-refractivity contribution in [2.24, 2.45) is 0 Å². The number of alkyl halides is 2. The zero-order valence-electron chi connectivity index (χ0n) is 10.4. The summed E-state index contributed by atoms with van der Waals surface area (Å²) in [6.07, 6.45) is 1.46. The van der Waals surface area contributed by atoms with Crippen molar-refractivity contribution in [1.82, 2.24) is 0 Å². The average Bonchev–Trinajstić information content (AvgIpc) is 2.35. The summed E-state index contributed by atoms with van der Waals surface area (Å²) >= 11 is 0. The summed E-state index contributed by atoms with van der Waals surface area (Å²) < 4.78 is 41.3. The van der Waals surface area contributed by atoms with Crippen molar-refractivity contribution in [2.75, 3.05) is 0 Å². The van der Waals surface area contributed by atoms with Crippen LogP contribution in [0.2, 0.25) is 0 Å². The molecule has 1 aromatic carbocycles. The molecule has 2 unspecified atom stereocenters. The lowest BCUT2D eigenvalue weighted by molar-refractivity contribution is 0.187. The Balaban J connectivity index is 2.28. The van der Waals surface area contributed by atoms with Crippen molar-refractivity contribution in [1.29, 1.82) is 0 Å². The first-order valence-corrected chi connectivity index (χ1v) is 6.42. The highest BCUT2D eigenvalue weighted by atomic mass is 19.2. The fourth-order valence-electron chi connectivity index (χ4n) is 2.37. The fourth-order valence-corrected chi connectivity index (χ4v) is 2.37. The second-order valence-electron chi connectivity index (χ2n) is 4.72. The van der Waals surface area contributed by atoms with Crippen LogP contribution < -0.4 is 0 Å². The van der Waals surface area contributed by atoms with Crippen LogP contribution in [0.4, 0.5) is 13.2 Å². The molecule has 0 amide bonds. The predicted molar refractivity (Wildman–Crippen MR) is 67.3 cm³/mol. The van der Waals surface area contributed by atoms with Crippen LogP contribution >= 0.6 is 0 Å².